The number of nitro groups is 1. The average molecular weight is 338 g/mol. The third-order valence-corrected chi connectivity index (χ3v) is 3.43. The summed E-state index contributed by atoms with van der Waals surface area (Å²) in [6.07, 6.45) is 5.44. The first-order valence-corrected chi connectivity index (χ1v) is 7.16. The summed E-state index contributed by atoms with van der Waals surface area (Å²) in [4.78, 5) is 25.9. The normalized spacial score (nSPS) is 10.9. The van der Waals surface area contributed by atoms with Crippen LogP contribution in [0.15, 0.2) is 61.2 Å². The van der Waals surface area contributed by atoms with Gasteiger partial charge in [0.25, 0.3) is 5.69 Å². The van der Waals surface area contributed by atoms with Crippen LogP contribution in [-0.4, -0.2) is 25.5 Å². The number of hydrogen-bond acceptors (Lipinski definition) is 5. The Labute approximate surface area is 141 Å². The number of carbonyl (C=O) groups excluding carboxylic acids is 1. The van der Waals surface area contributed by atoms with Gasteiger partial charge in [0.05, 0.1) is 4.92 Å². The first kappa shape index (κ1) is 16.2. The van der Waals surface area contributed by atoms with Gasteiger partial charge in [0.15, 0.2) is 5.78 Å². The van der Waals surface area contributed by atoms with Gasteiger partial charge < -0.3 is 0 Å². The van der Waals surface area contributed by atoms with Crippen LogP contribution in [0.5, 0.6) is 0 Å². The van der Waals surface area contributed by atoms with E-state index < -0.39 is 10.7 Å². The maximum atomic E-state index is 14.1. The zero-order valence-corrected chi connectivity index (χ0v) is 12.7. The highest BCUT2D eigenvalue weighted by Gasteiger charge is 2.08. The number of benzene rings is 2. The minimum Gasteiger partial charge on any atom is -0.289 e. The third-order valence-electron chi connectivity index (χ3n) is 3.43. The van der Waals surface area contributed by atoms with E-state index in [0.29, 0.717) is 11.1 Å². The zero-order valence-electron chi connectivity index (χ0n) is 12.7. The molecule has 0 aliphatic heterocycles. The van der Waals surface area contributed by atoms with E-state index in [4.69, 9.17) is 0 Å². The number of ketones is 1. The van der Waals surface area contributed by atoms with Gasteiger partial charge in [-0.1, -0.05) is 12.1 Å². The first-order valence-electron chi connectivity index (χ1n) is 7.16. The number of hydrogen-bond donors (Lipinski definition) is 0. The molecule has 0 spiro atoms. The van der Waals surface area contributed by atoms with Crippen molar-refractivity contribution in [2.75, 3.05) is 0 Å². The lowest BCUT2D eigenvalue weighted by atomic mass is 10.1. The van der Waals surface area contributed by atoms with E-state index in [-0.39, 0.29) is 17.2 Å². The van der Waals surface area contributed by atoms with Crippen molar-refractivity contribution in [1.82, 2.24) is 14.8 Å². The van der Waals surface area contributed by atoms with E-state index in [1.807, 2.05) is 0 Å². The second kappa shape index (κ2) is 6.83. The van der Waals surface area contributed by atoms with E-state index in [9.17, 15) is 19.3 Å². The van der Waals surface area contributed by atoms with E-state index in [1.165, 1.54) is 65.9 Å². The van der Waals surface area contributed by atoms with Crippen LogP contribution in [0, 0.1) is 15.9 Å². The highest BCUT2D eigenvalue weighted by molar-refractivity contribution is 6.06. The quantitative estimate of drug-likeness (QED) is 0.308. The maximum absolute atomic E-state index is 14.1. The molecular formula is C17H11FN4O3. The van der Waals surface area contributed by atoms with E-state index in [1.54, 1.807) is 6.07 Å². The highest BCUT2D eigenvalue weighted by atomic mass is 19.1. The Bertz CT molecular complexity index is 951. The summed E-state index contributed by atoms with van der Waals surface area (Å²) in [6.45, 7) is 0. The van der Waals surface area contributed by atoms with Crippen LogP contribution < -0.4 is 0 Å². The summed E-state index contributed by atoms with van der Waals surface area (Å²) in [7, 11) is 0. The lowest BCUT2D eigenvalue weighted by Crippen LogP contribution is -1.98. The van der Waals surface area contributed by atoms with E-state index in [0.717, 1.165) is 0 Å². The predicted molar refractivity (Wildman–Crippen MR) is 87.8 cm³/mol. The Hall–Kier alpha value is -3.68. The van der Waals surface area contributed by atoms with Crippen molar-refractivity contribution in [3.8, 4) is 5.69 Å². The molecular weight excluding hydrogens is 327 g/mol. The smallest absolute Gasteiger partial charge is 0.269 e. The number of non-ortho nitro benzene ring substituents is 1. The maximum Gasteiger partial charge on any atom is 0.269 e. The molecule has 0 atom stereocenters. The SMILES string of the molecule is O=C(/C=C/c1ccc(-n2cncn2)c(F)c1)c1ccc([N+](=O)[O-])cc1. The monoisotopic (exact) mass is 338 g/mol. The molecule has 0 amide bonds. The van der Waals surface area contributed by atoms with Crippen molar-refractivity contribution >= 4 is 17.5 Å². The molecule has 0 radical (unpaired) electrons. The molecule has 0 aliphatic carbocycles. The summed E-state index contributed by atoms with van der Waals surface area (Å²) >= 11 is 0. The molecule has 0 saturated heterocycles. The molecule has 0 bridgehead atoms. The minimum absolute atomic E-state index is 0.0914. The Morgan fingerprint density at radius 2 is 1.96 bits per heavy atom. The van der Waals surface area contributed by atoms with Crippen LogP contribution in [0.25, 0.3) is 11.8 Å². The summed E-state index contributed by atoms with van der Waals surface area (Å²) < 4.78 is 15.4. The number of allylic oxidation sites excluding steroid dienone is 1. The molecule has 25 heavy (non-hydrogen) atoms. The molecule has 124 valence electrons. The molecule has 3 aromatic rings. The fourth-order valence-electron chi connectivity index (χ4n) is 2.16. The summed E-state index contributed by atoms with van der Waals surface area (Å²) in [6, 6.07) is 9.70. The molecule has 0 fully saturated rings. The molecule has 1 aromatic heterocycles. The fraction of sp³-hybridized carbons (Fsp3) is 0. The van der Waals surface area contributed by atoms with Crippen LogP contribution >= 0.6 is 0 Å². The third kappa shape index (κ3) is 3.63. The second-order valence-corrected chi connectivity index (χ2v) is 5.05. The van der Waals surface area contributed by atoms with Gasteiger partial charge in [-0.15, -0.1) is 0 Å². The van der Waals surface area contributed by atoms with Crippen LogP contribution in [0.4, 0.5) is 10.1 Å². The first-order chi connectivity index (χ1) is 12.0. The summed E-state index contributed by atoms with van der Waals surface area (Å²) in [5.41, 5.74) is 0.959. The van der Waals surface area contributed by atoms with Crippen LogP contribution in [0.2, 0.25) is 0 Å². The van der Waals surface area contributed by atoms with Crippen molar-refractivity contribution in [3.05, 3.63) is 88.3 Å². The van der Waals surface area contributed by atoms with Crippen molar-refractivity contribution in [2.24, 2.45) is 0 Å². The molecule has 0 saturated carbocycles. The van der Waals surface area contributed by atoms with Crippen LogP contribution in [-0.2, 0) is 0 Å². The minimum atomic E-state index is -0.538. The van der Waals surface area contributed by atoms with E-state index in [2.05, 4.69) is 10.1 Å². The van der Waals surface area contributed by atoms with Gasteiger partial charge in [0.1, 0.15) is 24.2 Å². The lowest BCUT2D eigenvalue weighted by Gasteiger charge is -2.03. The highest BCUT2D eigenvalue weighted by Crippen LogP contribution is 2.16. The number of nitrogens with zero attached hydrogens (tertiary/aromatic N) is 4. The molecule has 8 heteroatoms. The molecule has 7 nitrogen and oxygen atoms in total. The van der Waals surface area contributed by atoms with Gasteiger partial charge in [-0.05, 0) is 35.9 Å². The van der Waals surface area contributed by atoms with Gasteiger partial charge in [-0.2, -0.15) is 5.10 Å². The van der Waals surface area contributed by atoms with Crippen molar-refractivity contribution in [3.63, 3.8) is 0 Å². The van der Waals surface area contributed by atoms with Crippen LogP contribution in [0.1, 0.15) is 15.9 Å². The molecule has 3 rings (SSSR count). The Morgan fingerprint density at radius 3 is 2.56 bits per heavy atom. The number of halogens is 1. The Balaban J connectivity index is 1.76. The zero-order chi connectivity index (χ0) is 17.8. The fourth-order valence-corrected chi connectivity index (χ4v) is 2.16. The van der Waals surface area contributed by atoms with Crippen molar-refractivity contribution < 1.29 is 14.1 Å². The van der Waals surface area contributed by atoms with Gasteiger partial charge >= 0.3 is 0 Å². The van der Waals surface area contributed by atoms with Gasteiger partial charge in [0, 0.05) is 17.7 Å². The Kier molecular flexibility index (Phi) is 4.42. The molecule has 2 aromatic carbocycles. The molecule has 0 aliphatic rings. The number of nitro benzene ring substituents is 1. The van der Waals surface area contributed by atoms with E-state index >= 15 is 0 Å². The molecule has 1 heterocycles. The van der Waals surface area contributed by atoms with Gasteiger partial charge in [0.2, 0.25) is 0 Å². The average Bonchev–Trinajstić information content (AvgIpc) is 3.14. The van der Waals surface area contributed by atoms with Crippen molar-refractivity contribution in [2.45, 2.75) is 0 Å². The largest absolute Gasteiger partial charge is 0.289 e. The number of aromatic nitrogens is 3. The standard InChI is InChI=1S/C17H11FN4O3/c18-15-9-12(1-7-16(15)21-11-19-10-20-21)2-8-17(23)13-3-5-14(6-4-13)22(24)25/h1-11H/b8-2+. The number of rotatable bonds is 5. The summed E-state index contributed by atoms with van der Waals surface area (Å²) in [5.74, 6) is -0.842. The molecule has 0 N–H and O–H groups in total. The van der Waals surface area contributed by atoms with Crippen LogP contribution in [0.3, 0.4) is 0 Å². The van der Waals surface area contributed by atoms with Gasteiger partial charge in [-0.25, -0.2) is 14.1 Å². The summed E-state index contributed by atoms with van der Waals surface area (Å²) in [5, 5.41) is 14.5. The molecule has 0 unspecified atom stereocenters. The Morgan fingerprint density at radius 1 is 1.20 bits per heavy atom. The number of carbonyl (C=O) groups is 1. The topological polar surface area (TPSA) is 90.9 Å². The van der Waals surface area contributed by atoms with Gasteiger partial charge in [-0.3, -0.25) is 14.9 Å². The second-order valence-electron chi connectivity index (χ2n) is 5.05. The predicted octanol–water partition coefficient (Wildman–Crippen LogP) is 3.21. The lowest BCUT2D eigenvalue weighted by molar-refractivity contribution is -0.384. The van der Waals surface area contributed by atoms with Crippen molar-refractivity contribution in [1.29, 1.82) is 0 Å².